The zero-order chi connectivity index (χ0) is 15.7. The van der Waals surface area contributed by atoms with E-state index in [9.17, 15) is 14.5 Å². The third-order valence-corrected chi connectivity index (χ3v) is 3.69. The Morgan fingerprint density at radius 2 is 2.00 bits per heavy atom. The first-order chi connectivity index (χ1) is 10.6. The first kappa shape index (κ1) is 14.2. The molecule has 0 amide bonds. The summed E-state index contributed by atoms with van der Waals surface area (Å²) in [6, 6.07) is 11.0. The van der Waals surface area contributed by atoms with Gasteiger partial charge in [0, 0.05) is 42.5 Å². The second-order valence-corrected chi connectivity index (χ2v) is 5.09. The van der Waals surface area contributed by atoms with Crippen molar-refractivity contribution < 1.29 is 9.31 Å². The molecule has 0 unspecified atom stereocenters. The number of non-ortho nitro benzene ring substituents is 1. The van der Waals surface area contributed by atoms with Crippen LogP contribution in [0.3, 0.4) is 0 Å². The number of anilines is 1. The molecule has 0 spiro atoms. The zero-order valence-electron chi connectivity index (χ0n) is 12.0. The van der Waals surface area contributed by atoms with E-state index in [-0.39, 0.29) is 11.5 Å². The lowest BCUT2D eigenvalue weighted by atomic mass is 9.99. The van der Waals surface area contributed by atoms with Crippen LogP contribution in [0.15, 0.2) is 47.5 Å². The number of hydrogen-bond acceptors (Lipinski definition) is 4. The van der Waals surface area contributed by atoms with Crippen molar-refractivity contribution in [3.63, 3.8) is 0 Å². The van der Waals surface area contributed by atoms with Gasteiger partial charge in [-0.15, -0.1) is 0 Å². The quantitative estimate of drug-likeness (QED) is 0.632. The van der Waals surface area contributed by atoms with E-state index in [0.717, 1.165) is 5.69 Å². The van der Waals surface area contributed by atoms with Crippen molar-refractivity contribution in [1.29, 1.82) is 0 Å². The van der Waals surface area contributed by atoms with E-state index in [4.69, 9.17) is 0 Å². The molecule has 6 heteroatoms. The molecule has 1 aliphatic rings. The van der Waals surface area contributed by atoms with Gasteiger partial charge in [0.25, 0.3) is 5.69 Å². The van der Waals surface area contributed by atoms with E-state index in [2.05, 4.69) is 4.99 Å². The van der Waals surface area contributed by atoms with Gasteiger partial charge in [-0.3, -0.25) is 15.1 Å². The largest absolute Gasteiger partial charge is 0.372 e. The zero-order valence-corrected chi connectivity index (χ0v) is 12.0. The van der Waals surface area contributed by atoms with Gasteiger partial charge in [-0.05, 0) is 18.2 Å². The van der Waals surface area contributed by atoms with Gasteiger partial charge in [-0.2, -0.15) is 0 Å². The molecule has 1 heterocycles. The number of hydrogen-bond donors (Lipinski definition) is 0. The maximum Gasteiger partial charge on any atom is 0.270 e. The average Bonchev–Trinajstić information content (AvgIpc) is 2.67. The number of nitrogens with zero attached hydrogens (tertiary/aromatic N) is 3. The lowest BCUT2D eigenvalue weighted by Crippen LogP contribution is -2.20. The van der Waals surface area contributed by atoms with Crippen molar-refractivity contribution >= 4 is 17.1 Å². The number of rotatable bonds is 2. The summed E-state index contributed by atoms with van der Waals surface area (Å²) in [4.78, 5) is 17.0. The van der Waals surface area contributed by atoms with Gasteiger partial charge in [0.05, 0.1) is 17.2 Å². The summed E-state index contributed by atoms with van der Waals surface area (Å²) < 4.78 is 14.1. The molecule has 1 aliphatic heterocycles. The maximum absolute atomic E-state index is 14.1. The normalized spacial score (nSPS) is 14.1. The number of nitro benzene ring substituents is 1. The molecule has 112 valence electrons. The highest BCUT2D eigenvalue weighted by Crippen LogP contribution is 2.29. The smallest absolute Gasteiger partial charge is 0.270 e. The first-order valence-corrected chi connectivity index (χ1v) is 6.87. The molecular formula is C16H14FN3O2. The van der Waals surface area contributed by atoms with Gasteiger partial charge in [0.15, 0.2) is 0 Å². The van der Waals surface area contributed by atoms with Crippen LogP contribution in [0.1, 0.15) is 11.1 Å². The molecule has 2 aromatic rings. The standard InChI is InChI=1S/C16H14FN3O2/c1-19-9-8-18-16(12-4-2-3-5-14(12)17)13-10-11(20(21)22)6-7-15(13)19/h2-7,10H,8-9H2,1H3. The van der Waals surface area contributed by atoms with Crippen LogP contribution >= 0.6 is 0 Å². The van der Waals surface area contributed by atoms with E-state index in [1.807, 2.05) is 11.9 Å². The van der Waals surface area contributed by atoms with Gasteiger partial charge < -0.3 is 4.90 Å². The van der Waals surface area contributed by atoms with Gasteiger partial charge in [0.1, 0.15) is 5.82 Å². The Morgan fingerprint density at radius 1 is 1.23 bits per heavy atom. The van der Waals surface area contributed by atoms with Crippen molar-refractivity contribution in [3.8, 4) is 0 Å². The summed E-state index contributed by atoms with van der Waals surface area (Å²) in [5.74, 6) is -0.386. The molecular weight excluding hydrogens is 285 g/mol. The molecule has 3 rings (SSSR count). The van der Waals surface area contributed by atoms with Crippen LogP contribution in [0.4, 0.5) is 15.8 Å². The Labute approximate surface area is 126 Å². The monoisotopic (exact) mass is 299 g/mol. The fourth-order valence-corrected chi connectivity index (χ4v) is 2.56. The van der Waals surface area contributed by atoms with Crippen LogP contribution in [0.25, 0.3) is 0 Å². The highest BCUT2D eigenvalue weighted by Gasteiger charge is 2.22. The summed E-state index contributed by atoms with van der Waals surface area (Å²) in [5, 5.41) is 11.0. The molecule has 0 atom stereocenters. The minimum atomic E-state index is -0.454. The van der Waals surface area contributed by atoms with E-state index in [1.54, 1.807) is 24.3 Å². The summed E-state index contributed by atoms with van der Waals surface area (Å²) in [6.07, 6.45) is 0. The molecule has 0 saturated carbocycles. The van der Waals surface area contributed by atoms with Crippen molar-refractivity contribution in [2.24, 2.45) is 4.99 Å². The molecule has 0 radical (unpaired) electrons. The average molecular weight is 299 g/mol. The van der Waals surface area contributed by atoms with Crippen LogP contribution < -0.4 is 4.90 Å². The van der Waals surface area contributed by atoms with Gasteiger partial charge in [-0.25, -0.2) is 4.39 Å². The minimum absolute atomic E-state index is 0.0295. The molecule has 0 saturated heterocycles. The highest BCUT2D eigenvalue weighted by atomic mass is 19.1. The molecule has 0 fully saturated rings. The summed E-state index contributed by atoms with van der Waals surface area (Å²) in [7, 11) is 1.89. The lowest BCUT2D eigenvalue weighted by Gasteiger charge is -2.19. The Balaban J connectivity index is 2.23. The molecule has 22 heavy (non-hydrogen) atoms. The molecule has 0 N–H and O–H groups in total. The van der Waals surface area contributed by atoms with Gasteiger partial charge in [-0.1, -0.05) is 12.1 Å². The fourth-order valence-electron chi connectivity index (χ4n) is 2.56. The topological polar surface area (TPSA) is 58.7 Å². The molecule has 0 aliphatic carbocycles. The summed E-state index contributed by atoms with van der Waals surface area (Å²) >= 11 is 0. The second kappa shape index (κ2) is 5.55. The Bertz CT molecular complexity index is 774. The van der Waals surface area contributed by atoms with E-state index < -0.39 is 4.92 Å². The van der Waals surface area contributed by atoms with Crippen LogP contribution in [0.2, 0.25) is 0 Å². The summed E-state index contributed by atoms with van der Waals surface area (Å²) in [6.45, 7) is 1.17. The molecule has 2 aromatic carbocycles. The number of benzene rings is 2. The summed E-state index contributed by atoms with van der Waals surface area (Å²) in [5.41, 5.74) is 2.18. The number of nitro groups is 1. The second-order valence-electron chi connectivity index (χ2n) is 5.09. The molecule has 0 bridgehead atoms. The third kappa shape index (κ3) is 2.43. The van der Waals surface area contributed by atoms with Crippen LogP contribution in [0, 0.1) is 15.9 Å². The molecule has 5 nitrogen and oxygen atoms in total. The van der Waals surface area contributed by atoms with E-state index in [0.29, 0.717) is 29.9 Å². The SMILES string of the molecule is CN1CCN=C(c2ccccc2F)c2cc([N+](=O)[O-])ccc21. The first-order valence-electron chi connectivity index (χ1n) is 6.87. The number of halogens is 1. The minimum Gasteiger partial charge on any atom is -0.372 e. The van der Waals surface area contributed by atoms with Crippen LogP contribution in [-0.4, -0.2) is 30.8 Å². The van der Waals surface area contributed by atoms with E-state index in [1.165, 1.54) is 18.2 Å². The third-order valence-electron chi connectivity index (χ3n) is 3.69. The number of benzodiazepines with no additional fused rings is 1. The number of aliphatic imine (C=N–C) groups is 1. The predicted molar refractivity (Wildman–Crippen MR) is 83.3 cm³/mol. The van der Waals surface area contributed by atoms with Crippen molar-refractivity contribution in [1.82, 2.24) is 0 Å². The Hall–Kier alpha value is -2.76. The van der Waals surface area contributed by atoms with E-state index >= 15 is 0 Å². The Morgan fingerprint density at radius 3 is 2.73 bits per heavy atom. The van der Waals surface area contributed by atoms with Gasteiger partial charge >= 0.3 is 0 Å². The highest BCUT2D eigenvalue weighted by molar-refractivity contribution is 6.16. The van der Waals surface area contributed by atoms with Crippen molar-refractivity contribution in [3.05, 3.63) is 69.5 Å². The number of fused-ring (bicyclic) bond motifs is 1. The number of likely N-dealkylation sites (N-methyl/N-ethyl adjacent to an activating group) is 1. The maximum atomic E-state index is 14.1. The van der Waals surface area contributed by atoms with Crippen molar-refractivity contribution in [2.75, 3.05) is 25.0 Å². The van der Waals surface area contributed by atoms with Crippen LogP contribution in [0.5, 0.6) is 0 Å². The van der Waals surface area contributed by atoms with Crippen LogP contribution in [-0.2, 0) is 0 Å². The lowest BCUT2D eigenvalue weighted by molar-refractivity contribution is -0.384. The van der Waals surface area contributed by atoms with Crippen molar-refractivity contribution in [2.45, 2.75) is 0 Å². The molecule has 0 aromatic heterocycles. The fraction of sp³-hybridized carbons (Fsp3) is 0.188. The van der Waals surface area contributed by atoms with Gasteiger partial charge in [0.2, 0.25) is 0 Å². The predicted octanol–water partition coefficient (Wildman–Crippen LogP) is 3.02. The Kier molecular flexibility index (Phi) is 3.58.